The second kappa shape index (κ2) is 9.97. The standard InChI is InChI=1S/C23H29N7O/c1-3-24-23(30-15-13-29(14-16-30)19-7-5-4-6-8-19)25-17-21-26-22(28-27-21)18-9-11-20(31-2)12-10-18/h4-12H,3,13-17H2,1-2H3,(H,24,25)(H,26,27,28). The maximum absolute atomic E-state index is 5.21. The highest BCUT2D eigenvalue weighted by atomic mass is 16.5. The van der Waals surface area contributed by atoms with Gasteiger partial charge in [0.25, 0.3) is 0 Å². The van der Waals surface area contributed by atoms with Crippen LogP contribution in [0.25, 0.3) is 11.4 Å². The number of H-pyrrole nitrogens is 1. The molecule has 1 aliphatic rings. The summed E-state index contributed by atoms with van der Waals surface area (Å²) < 4.78 is 5.21. The second-order valence-corrected chi connectivity index (χ2v) is 7.31. The Hall–Kier alpha value is -3.55. The second-order valence-electron chi connectivity index (χ2n) is 7.31. The molecule has 3 aromatic rings. The summed E-state index contributed by atoms with van der Waals surface area (Å²) in [6, 6.07) is 18.3. The predicted octanol–water partition coefficient (Wildman–Crippen LogP) is 2.77. The topological polar surface area (TPSA) is 81.7 Å². The van der Waals surface area contributed by atoms with Gasteiger partial charge >= 0.3 is 0 Å². The number of ether oxygens (including phenoxy) is 1. The van der Waals surface area contributed by atoms with E-state index in [1.807, 2.05) is 24.3 Å². The van der Waals surface area contributed by atoms with Gasteiger partial charge in [0.15, 0.2) is 11.8 Å². The first-order chi connectivity index (χ1) is 15.3. The summed E-state index contributed by atoms with van der Waals surface area (Å²) >= 11 is 0. The van der Waals surface area contributed by atoms with Gasteiger partial charge in [0.05, 0.1) is 7.11 Å². The maximum atomic E-state index is 5.21. The molecule has 0 spiro atoms. The number of benzene rings is 2. The molecule has 1 aromatic heterocycles. The number of guanidine groups is 1. The van der Waals surface area contributed by atoms with Crippen LogP contribution in [-0.2, 0) is 6.54 Å². The number of aliphatic imine (C=N–C) groups is 1. The zero-order chi connectivity index (χ0) is 21.5. The lowest BCUT2D eigenvalue weighted by Crippen LogP contribution is -2.52. The number of anilines is 1. The third kappa shape index (κ3) is 5.14. The van der Waals surface area contributed by atoms with Crippen LogP contribution in [0.15, 0.2) is 59.6 Å². The van der Waals surface area contributed by atoms with Crippen molar-refractivity contribution in [2.45, 2.75) is 13.5 Å². The van der Waals surface area contributed by atoms with Crippen molar-refractivity contribution in [2.75, 3.05) is 44.7 Å². The monoisotopic (exact) mass is 419 g/mol. The van der Waals surface area contributed by atoms with E-state index in [1.54, 1.807) is 7.11 Å². The molecule has 8 heteroatoms. The number of hydrogen-bond donors (Lipinski definition) is 2. The number of nitrogens with one attached hydrogen (secondary N) is 2. The van der Waals surface area contributed by atoms with E-state index in [9.17, 15) is 0 Å². The number of methoxy groups -OCH3 is 1. The van der Waals surface area contributed by atoms with E-state index in [-0.39, 0.29) is 0 Å². The number of para-hydroxylation sites is 1. The van der Waals surface area contributed by atoms with Gasteiger partial charge in [-0.1, -0.05) is 18.2 Å². The van der Waals surface area contributed by atoms with Crippen molar-refractivity contribution in [1.82, 2.24) is 25.4 Å². The fourth-order valence-electron chi connectivity index (χ4n) is 3.63. The highest BCUT2D eigenvalue weighted by molar-refractivity contribution is 5.80. The van der Waals surface area contributed by atoms with E-state index < -0.39 is 0 Å². The fourth-order valence-corrected chi connectivity index (χ4v) is 3.63. The largest absolute Gasteiger partial charge is 0.497 e. The minimum atomic E-state index is 0.449. The first-order valence-corrected chi connectivity index (χ1v) is 10.7. The van der Waals surface area contributed by atoms with Gasteiger partial charge in [0.2, 0.25) is 0 Å². The van der Waals surface area contributed by atoms with Crippen LogP contribution >= 0.6 is 0 Å². The number of aromatic nitrogens is 3. The first-order valence-electron chi connectivity index (χ1n) is 10.7. The van der Waals surface area contributed by atoms with Gasteiger partial charge in [-0.25, -0.2) is 9.98 Å². The highest BCUT2D eigenvalue weighted by Crippen LogP contribution is 2.19. The molecule has 0 amide bonds. The third-order valence-corrected chi connectivity index (χ3v) is 5.29. The summed E-state index contributed by atoms with van der Waals surface area (Å²) in [6.07, 6.45) is 0. The normalized spacial score (nSPS) is 14.6. The number of rotatable bonds is 6. The number of hydrogen-bond acceptors (Lipinski definition) is 5. The average molecular weight is 420 g/mol. The minimum absolute atomic E-state index is 0.449. The van der Waals surface area contributed by atoms with Crippen molar-refractivity contribution in [1.29, 1.82) is 0 Å². The Kier molecular flexibility index (Phi) is 6.66. The van der Waals surface area contributed by atoms with Crippen LogP contribution in [0.2, 0.25) is 0 Å². The van der Waals surface area contributed by atoms with Crippen LogP contribution in [-0.4, -0.2) is 65.9 Å². The van der Waals surface area contributed by atoms with Crippen LogP contribution < -0.4 is 15.0 Å². The van der Waals surface area contributed by atoms with Crippen LogP contribution in [0.5, 0.6) is 5.75 Å². The number of piperazine rings is 1. The zero-order valence-corrected chi connectivity index (χ0v) is 18.1. The molecule has 31 heavy (non-hydrogen) atoms. The van der Waals surface area contributed by atoms with Crippen LogP contribution in [0, 0.1) is 0 Å². The Balaban J connectivity index is 1.38. The smallest absolute Gasteiger partial charge is 0.194 e. The minimum Gasteiger partial charge on any atom is -0.497 e. The summed E-state index contributed by atoms with van der Waals surface area (Å²) in [4.78, 5) is 14.1. The van der Waals surface area contributed by atoms with Crippen molar-refractivity contribution in [3.05, 3.63) is 60.4 Å². The van der Waals surface area contributed by atoms with Crippen molar-refractivity contribution in [3.8, 4) is 17.1 Å². The van der Waals surface area contributed by atoms with E-state index in [0.29, 0.717) is 12.4 Å². The molecule has 2 heterocycles. The molecule has 162 valence electrons. The Labute approximate surface area is 183 Å². The summed E-state index contributed by atoms with van der Waals surface area (Å²) in [5, 5.41) is 10.8. The zero-order valence-electron chi connectivity index (χ0n) is 18.1. The summed E-state index contributed by atoms with van der Waals surface area (Å²) in [5.41, 5.74) is 2.22. The fraction of sp³-hybridized carbons (Fsp3) is 0.348. The first kappa shape index (κ1) is 20.7. The Morgan fingerprint density at radius 1 is 1.06 bits per heavy atom. The molecule has 0 bridgehead atoms. The number of aromatic amines is 1. The van der Waals surface area contributed by atoms with Gasteiger partial charge < -0.3 is 19.9 Å². The van der Waals surface area contributed by atoms with Crippen molar-refractivity contribution in [3.63, 3.8) is 0 Å². The Bertz CT molecular complexity index is 977. The molecule has 0 saturated carbocycles. The molecule has 0 unspecified atom stereocenters. The molecule has 2 N–H and O–H groups in total. The van der Waals surface area contributed by atoms with Gasteiger partial charge in [-0.15, -0.1) is 0 Å². The van der Waals surface area contributed by atoms with Crippen LogP contribution in [0.1, 0.15) is 12.7 Å². The maximum Gasteiger partial charge on any atom is 0.194 e. The van der Waals surface area contributed by atoms with E-state index in [4.69, 9.17) is 9.73 Å². The van der Waals surface area contributed by atoms with Crippen molar-refractivity contribution < 1.29 is 4.74 Å². The quantitative estimate of drug-likeness (QED) is 0.472. The highest BCUT2D eigenvalue weighted by Gasteiger charge is 2.20. The lowest BCUT2D eigenvalue weighted by molar-refractivity contribution is 0.372. The van der Waals surface area contributed by atoms with Crippen LogP contribution in [0.4, 0.5) is 5.69 Å². The van der Waals surface area contributed by atoms with Gasteiger partial charge in [-0.3, -0.25) is 5.10 Å². The predicted molar refractivity (Wildman–Crippen MR) is 123 cm³/mol. The SMILES string of the molecule is CCNC(=NCc1nc(-c2ccc(OC)cc2)n[nH]1)N1CCN(c2ccccc2)CC1. The van der Waals surface area contributed by atoms with Gasteiger partial charge in [-0.2, -0.15) is 5.10 Å². The molecular formula is C23H29N7O. The molecule has 1 aliphatic heterocycles. The molecule has 4 rings (SSSR count). The van der Waals surface area contributed by atoms with Gasteiger partial charge in [0, 0.05) is 44.0 Å². The molecule has 2 aromatic carbocycles. The molecule has 0 atom stereocenters. The molecule has 0 radical (unpaired) electrons. The van der Waals surface area contributed by atoms with E-state index in [1.165, 1.54) is 5.69 Å². The lowest BCUT2D eigenvalue weighted by Gasteiger charge is -2.37. The number of nitrogens with zero attached hydrogens (tertiary/aromatic N) is 5. The van der Waals surface area contributed by atoms with Crippen molar-refractivity contribution in [2.24, 2.45) is 4.99 Å². The summed E-state index contributed by atoms with van der Waals surface area (Å²) in [7, 11) is 1.65. The van der Waals surface area contributed by atoms with Crippen LogP contribution in [0.3, 0.4) is 0 Å². The Morgan fingerprint density at radius 3 is 2.48 bits per heavy atom. The summed E-state index contributed by atoms with van der Waals surface area (Å²) in [5.74, 6) is 3.13. The third-order valence-electron chi connectivity index (χ3n) is 5.29. The molecule has 0 aliphatic carbocycles. The van der Waals surface area contributed by atoms with E-state index in [2.05, 4.69) is 67.6 Å². The van der Waals surface area contributed by atoms with E-state index in [0.717, 1.165) is 55.8 Å². The molecule has 1 fully saturated rings. The summed E-state index contributed by atoms with van der Waals surface area (Å²) in [6.45, 7) is 7.15. The van der Waals surface area contributed by atoms with E-state index >= 15 is 0 Å². The Morgan fingerprint density at radius 2 is 1.81 bits per heavy atom. The van der Waals surface area contributed by atoms with Crippen molar-refractivity contribution >= 4 is 11.6 Å². The van der Waals surface area contributed by atoms with Gasteiger partial charge in [-0.05, 0) is 43.3 Å². The lowest BCUT2D eigenvalue weighted by atomic mass is 10.2. The molecule has 1 saturated heterocycles. The average Bonchev–Trinajstić information content (AvgIpc) is 3.31. The molecular weight excluding hydrogens is 390 g/mol. The molecule has 8 nitrogen and oxygen atoms in total. The van der Waals surface area contributed by atoms with Gasteiger partial charge in [0.1, 0.15) is 18.1 Å².